The van der Waals surface area contributed by atoms with Crippen LogP contribution in [0.25, 0.3) is 10.9 Å². The van der Waals surface area contributed by atoms with Crippen LogP contribution in [0.15, 0.2) is 35.4 Å². The molecule has 0 saturated carbocycles. The highest BCUT2D eigenvalue weighted by atomic mass is 32.2. The third-order valence-corrected chi connectivity index (χ3v) is 5.50. The van der Waals surface area contributed by atoms with Crippen LogP contribution in [0.1, 0.15) is 6.42 Å². The van der Waals surface area contributed by atoms with Crippen molar-refractivity contribution in [1.82, 2.24) is 13.8 Å². The zero-order chi connectivity index (χ0) is 14.1. The van der Waals surface area contributed by atoms with E-state index in [1.54, 1.807) is 0 Å². The maximum atomic E-state index is 12.9. The predicted octanol–water partition coefficient (Wildman–Crippen LogP) is 1.84. The van der Waals surface area contributed by atoms with Gasteiger partial charge in [-0.3, -0.25) is 0 Å². The quantitative estimate of drug-likeness (QED) is 0.844. The maximum Gasteiger partial charge on any atom is 0.129 e. The van der Waals surface area contributed by atoms with Gasteiger partial charge in [-0.05, 0) is 26.1 Å². The number of nitrogens with zero attached hydrogens (tertiary/aromatic N) is 3. The van der Waals surface area contributed by atoms with Crippen LogP contribution in [-0.2, 0) is 18.0 Å². The lowest BCUT2D eigenvalue weighted by Crippen LogP contribution is -2.30. The van der Waals surface area contributed by atoms with Gasteiger partial charge in [0.25, 0.3) is 0 Å². The minimum Gasteiger partial charge on any atom is -0.349 e. The average molecular weight is 291 g/mol. The van der Waals surface area contributed by atoms with Gasteiger partial charge in [0, 0.05) is 43.8 Å². The monoisotopic (exact) mass is 291 g/mol. The third kappa shape index (κ3) is 2.53. The van der Waals surface area contributed by atoms with Gasteiger partial charge in [-0.2, -0.15) is 0 Å². The number of hydrogen-bond donors (Lipinski definition) is 0. The van der Waals surface area contributed by atoms with Gasteiger partial charge in [-0.15, -0.1) is 0 Å². The normalized spacial score (nSPS) is 20.1. The van der Waals surface area contributed by atoms with E-state index in [1.807, 2.05) is 25.4 Å². The van der Waals surface area contributed by atoms with Crippen molar-refractivity contribution in [2.75, 3.05) is 33.2 Å². The Morgan fingerprint density at radius 1 is 1.05 bits per heavy atom. The van der Waals surface area contributed by atoms with Crippen LogP contribution >= 0.6 is 0 Å². The Hall–Kier alpha value is -1.17. The molecule has 5 heteroatoms. The SMILES string of the molecule is CN1CCCN(S(=O)c2cn(C)c3ccccc23)CC1. The molecule has 3 rings (SSSR count). The first-order valence-corrected chi connectivity index (χ1v) is 8.17. The van der Waals surface area contributed by atoms with E-state index in [9.17, 15) is 4.21 Å². The van der Waals surface area contributed by atoms with Gasteiger partial charge in [-0.1, -0.05) is 18.2 Å². The van der Waals surface area contributed by atoms with Crippen molar-refractivity contribution in [2.45, 2.75) is 11.3 Å². The van der Waals surface area contributed by atoms with Crippen molar-refractivity contribution in [3.63, 3.8) is 0 Å². The lowest BCUT2D eigenvalue weighted by Gasteiger charge is -2.18. The molecule has 0 amide bonds. The average Bonchev–Trinajstić information content (AvgIpc) is 2.64. The van der Waals surface area contributed by atoms with Crippen molar-refractivity contribution >= 4 is 21.9 Å². The second-order valence-corrected chi connectivity index (χ2v) is 6.91. The molecule has 1 aromatic carbocycles. The Kier molecular flexibility index (Phi) is 3.92. The van der Waals surface area contributed by atoms with Crippen LogP contribution in [0.5, 0.6) is 0 Å². The smallest absolute Gasteiger partial charge is 0.129 e. The van der Waals surface area contributed by atoms with Gasteiger partial charge in [-0.25, -0.2) is 8.51 Å². The maximum absolute atomic E-state index is 12.9. The molecule has 1 unspecified atom stereocenters. The molecular formula is C15H21N3OS. The van der Waals surface area contributed by atoms with E-state index in [2.05, 4.69) is 33.0 Å². The van der Waals surface area contributed by atoms with Crippen LogP contribution in [0.2, 0.25) is 0 Å². The Morgan fingerprint density at radius 3 is 2.70 bits per heavy atom. The zero-order valence-corrected chi connectivity index (χ0v) is 12.9. The first-order valence-electron chi connectivity index (χ1n) is 7.06. The number of benzene rings is 1. The molecule has 1 aliphatic rings. The summed E-state index contributed by atoms with van der Waals surface area (Å²) in [5.41, 5.74) is 1.14. The van der Waals surface area contributed by atoms with Gasteiger partial charge in [0.2, 0.25) is 0 Å². The summed E-state index contributed by atoms with van der Waals surface area (Å²) in [6, 6.07) is 8.17. The number of aryl methyl sites for hydroxylation is 1. The van der Waals surface area contributed by atoms with Crippen LogP contribution < -0.4 is 0 Å². The number of hydrogen-bond acceptors (Lipinski definition) is 2. The highest BCUT2D eigenvalue weighted by molar-refractivity contribution is 7.83. The van der Waals surface area contributed by atoms with E-state index < -0.39 is 11.0 Å². The first kappa shape index (κ1) is 13.8. The molecule has 1 atom stereocenters. The van der Waals surface area contributed by atoms with E-state index >= 15 is 0 Å². The summed E-state index contributed by atoms with van der Waals surface area (Å²) in [5, 5.41) is 1.10. The van der Waals surface area contributed by atoms with Crippen LogP contribution in [-0.4, -0.2) is 51.2 Å². The molecule has 0 aliphatic carbocycles. The summed E-state index contributed by atoms with van der Waals surface area (Å²) in [7, 11) is 3.08. The van der Waals surface area contributed by atoms with E-state index in [-0.39, 0.29) is 0 Å². The van der Waals surface area contributed by atoms with Crippen LogP contribution in [0.4, 0.5) is 0 Å². The molecule has 1 fully saturated rings. The highest BCUT2D eigenvalue weighted by Gasteiger charge is 2.21. The van der Waals surface area contributed by atoms with Crippen LogP contribution in [0.3, 0.4) is 0 Å². The highest BCUT2D eigenvalue weighted by Crippen LogP contribution is 2.25. The third-order valence-electron chi connectivity index (χ3n) is 3.96. The first-order chi connectivity index (χ1) is 9.66. The van der Waals surface area contributed by atoms with Crippen molar-refractivity contribution < 1.29 is 4.21 Å². The summed E-state index contributed by atoms with van der Waals surface area (Å²) in [4.78, 5) is 3.24. The summed E-state index contributed by atoms with van der Waals surface area (Å²) < 4.78 is 17.1. The second kappa shape index (κ2) is 5.68. The van der Waals surface area contributed by atoms with E-state index in [0.29, 0.717) is 0 Å². The van der Waals surface area contributed by atoms with Crippen molar-refractivity contribution in [2.24, 2.45) is 7.05 Å². The van der Waals surface area contributed by atoms with Gasteiger partial charge in [0.05, 0.1) is 4.90 Å². The molecule has 108 valence electrons. The van der Waals surface area contributed by atoms with Gasteiger partial charge < -0.3 is 9.47 Å². The molecule has 4 nitrogen and oxygen atoms in total. The topological polar surface area (TPSA) is 28.5 Å². The Morgan fingerprint density at radius 2 is 1.85 bits per heavy atom. The second-order valence-electron chi connectivity index (χ2n) is 5.46. The van der Waals surface area contributed by atoms with E-state index in [1.165, 1.54) is 0 Å². The lowest BCUT2D eigenvalue weighted by atomic mass is 10.2. The van der Waals surface area contributed by atoms with Crippen molar-refractivity contribution in [3.8, 4) is 0 Å². The Balaban J connectivity index is 1.92. The predicted molar refractivity (Wildman–Crippen MR) is 83.0 cm³/mol. The van der Waals surface area contributed by atoms with Gasteiger partial charge >= 0.3 is 0 Å². The molecule has 0 N–H and O–H groups in total. The minimum absolute atomic E-state index is 0.867. The lowest BCUT2D eigenvalue weighted by molar-refractivity contribution is 0.350. The van der Waals surface area contributed by atoms with Gasteiger partial charge in [0.15, 0.2) is 0 Å². The van der Waals surface area contributed by atoms with Crippen LogP contribution in [0, 0.1) is 0 Å². The molecule has 1 aromatic heterocycles. The summed E-state index contributed by atoms with van der Waals surface area (Å²) in [6.07, 6.45) is 3.09. The molecule has 2 heterocycles. The standard InChI is InChI=1S/C15H21N3OS/c1-16-8-5-9-18(11-10-16)20(19)15-12-17(2)14-7-4-3-6-13(14)15/h3-4,6-7,12H,5,8-11H2,1-2H3. The zero-order valence-electron chi connectivity index (χ0n) is 12.1. The van der Waals surface area contributed by atoms with E-state index in [0.717, 1.165) is 48.4 Å². The fourth-order valence-corrected chi connectivity index (χ4v) is 4.20. The summed E-state index contributed by atoms with van der Waals surface area (Å²) in [6.45, 7) is 3.84. The molecule has 1 saturated heterocycles. The summed E-state index contributed by atoms with van der Waals surface area (Å²) >= 11 is 0. The number of likely N-dealkylation sites (N-methyl/N-ethyl adjacent to an activating group) is 1. The van der Waals surface area contributed by atoms with Crippen molar-refractivity contribution in [1.29, 1.82) is 0 Å². The fourth-order valence-electron chi connectivity index (χ4n) is 2.77. The van der Waals surface area contributed by atoms with E-state index in [4.69, 9.17) is 0 Å². The molecule has 2 aromatic rings. The molecule has 0 spiro atoms. The largest absolute Gasteiger partial charge is 0.349 e. The molecule has 20 heavy (non-hydrogen) atoms. The molecule has 1 aliphatic heterocycles. The number of para-hydroxylation sites is 1. The number of fused-ring (bicyclic) bond motifs is 1. The molecule has 0 radical (unpaired) electrons. The number of rotatable bonds is 2. The Labute approximate surface area is 122 Å². The number of aromatic nitrogens is 1. The fraction of sp³-hybridized carbons (Fsp3) is 0.467. The Bertz CT molecular complexity index is 637. The minimum atomic E-state index is -1.06. The summed E-state index contributed by atoms with van der Waals surface area (Å²) in [5.74, 6) is 0. The van der Waals surface area contributed by atoms with Crippen molar-refractivity contribution in [3.05, 3.63) is 30.5 Å². The van der Waals surface area contributed by atoms with Gasteiger partial charge in [0.1, 0.15) is 11.0 Å². The molecular weight excluding hydrogens is 270 g/mol. The molecule has 0 bridgehead atoms.